The van der Waals surface area contributed by atoms with E-state index in [9.17, 15) is 0 Å². The summed E-state index contributed by atoms with van der Waals surface area (Å²) in [5.74, 6) is 1.35. The zero-order valence-corrected chi connectivity index (χ0v) is 40.2. The average Bonchev–Trinajstić information content (AvgIpc) is 4.29. The van der Waals surface area contributed by atoms with E-state index in [1.165, 1.54) is 63.4 Å². The van der Waals surface area contributed by atoms with Crippen LogP contribution in [-0.2, 0) is 0 Å². The van der Waals surface area contributed by atoms with E-state index in [2.05, 4.69) is 257 Å². The third-order valence-electron chi connectivity index (χ3n) is 14.2. The van der Waals surface area contributed by atoms with E-state index in [1.54, 1.807) is 0 Å². The monoisotopic (exact) mass is 877 g/mol. The topological polar surface area (TPSA) is 13.0 Å². The van der Waals surface area contributed by atoms with Gasteiger partial charge in [0.25, 0.3) is 0 Å². The van der Waals surface area contributed by atoms with Gasteiger partial charge in [0.05, 0.1) is 5.54 Å². The summed E-state index contributed by atoms with van der Waals surface area (Å²) in [6.45, 7) is 8.88. The van der Waals surface area contributed by atoms with Crippen LogP contribution in [0.4, 0.5) is 39.8 Å². The molecule has 67 heavy (non-hydrogen) atoms. The minimum absolute atomic E-state index is 0.0845. The van der Waals surface area contributed by atoms with Crippen LogP contribution in [0.25, 0.3) is 11.1 Å². The predicted molar refractivity (Wildman–Crippen MR) is 287 cm³/mol. The molecule has 0 heterocycles. The largest absolute Gasteiger partial charge is 0.365 e. The van der Waals surface area contributed by atoms with Gasteiger partial charge in [0.2, 0.25) is 0 Å². The van der Waals surface area contributed by atoms with Crippen LogP contribution in [0.3, 0.4) is 0 Å². The fourth-order valence-electron chi connectivity index (χ4n) is 9.69. The third-order valence-corrected chi connectivity index (χ3v) is 14.2. The molecule has 0 N–H and O–H groups in total. The van der Waals surface area contributed by atoms with Crippen molar-refractivity contribution >= 4 is 39.8 Å². The number of allylic oxidation sites excluding steroid dienone is 5. The van der Waals surface area contributed by atoms with E-state index in [1.807, 2.05) is 36.4 Å². The van der Waals surface area contributed by atoms with E-state index in [-0.39, 0.29) is 5.54 Å². The minimum atomic E-state index is 0.0845. The van der Waals surface area contributed by atoms with Crippen LogP contribution in [0, 0.1) is 31.1 Å². The summed E-state index contributed by atoms with van der Waals surface area (Å²) in [6.07, 6.45) is 16.7. The van der Waals surface area contributed by atoms with Crippen LogP contribution in [0.5, 0.6) is 0 Å². The summed E-state index contributed by atoms with van der Waals surface area (Å²) in [6, 6.07) is 66.5. The van der Waals surface area contributed by atoms with E-state index in [4.69, 9.17) is 0 Å². The standard InChI is InChI=1S/C42H41N3.C15H17N.C6H6/c1-30-18-20-35(21-19-30)45(34-13-7-6-8-14-34)38-16-11-15-36(27-38)43(4)41-23-22-37(28-40(41)39-17-10-9-12-32(39)3)44(5)42-25-24-31(2)26-33(42)29-42;1-15-9-8-14(10-12(15)11-15)16(2)13-6-4-3-5-7-13;1-2-4-6-5-3-1/h6-28,33H,29H2,1-5H3;3-10,12H,11H2,1-2H3;1-6H. The van der Waals surface area contributed by atoms with Crippen molar-refractivity contribution in [2.24, 2.45) is 17.3 Å². The average molecular weight is 877 g/mol. The molecular weight excluding hydrogens is 813 g/mol. The van der Waals surface area contributed by atoms with Crippen LogP contribution in [-0.4, -0.2) is 26.7 Å². The number of anilines is 7. The Labute approximate surface area is 400 Å². The maximum Gasteiger partial charge on any atom is 0.0654 e. The molecule has 11 rings (SSSR count). The predicted octanol–water partition coefficient (Wildman–Crippen LogP) is 16.2. The number of nitrogens with zero attached hydrogens (tertiary/aromatic N) is 4. The van der Waals surface area contributed by atoms with Crippen LogP contribution in [0.1, 0.15) is 37.8 Å². The zero-order chi connectivity index (χ0) is 46.5. The molecule has 0 bridgehead atoms. The van der Waals surface area contributed by atoms with Gasteiger partial charge in [-0.15, -0.1) is 0 Å². The number of aryl methyl sites for hydroxylation is 2. The Bertz CT molecular complexity index is 2890. The maximum atomic E-state index is 2.49. The van der Waals surface area contributed by atoms with Gasteiger partial charge in [0, 0.05) is 78.1 Å². The van der Waals surface area contributed by atoms with Gasteiger partial charge in [-0.3, -0.25) is 0 Å². The number of hydrogen-bond acceptors (Lipinski definition) is 4. The Morgan fingerprint density at radius 3 is 1.69 bits per heavy atom. The number of benzene rings is 7. The van der Waals surface area contributed by atoms with Crippen molar-refractivity contribution in [3.05, 3.63) is 247 Å². The van der Waals surface area contributed by atoms with Gasteiger partial charge in [0.1, 0.15) is 0 Å². The first-order valence-electron chi connectivity index (χ1n) is 23.8. The summed E-state index contributed by atoms with van der Waals surface area (Å²) in [7, 11) is 6.58. The maximum absolute atomic E-state index is 2.49. The molecule has 0 saturated heterocycles. The van der Waals surface area contributed by atoms with Crippen LogP contribution < -0.4 is 19.6 Å². The summed E-state index contributed by atoms with van der Waals surface area (Å²) < 4.78 is 0. The molecule has 2 fully saturated rings. The highest BCUT2D eigenvalue weighted by Crippen LogP contribution is 2.57. The van der Waals surface area contributed by atoms with E-state index in [0.717, 1.165) is 28.7 Å². The molecule has 0 aromatic heterocycles. The first-order valence-corrected chi connectivity index (χ1v) is 23.8. The highest BCUT2D eigenvalue weighted by molar-refractivity contribution is 5.88. The van der Waals surface area contributed by atoms with Crippen molar-refractivity contribution in [1.29, 1.82) is 0 Å². The van der Waals surface area contributed by atoms with Crippen molar-refractivity contribution in [3.8, 4) is 11.1 Å². The Morgan fingerprint density at radius 1 is 0.448 bits per heavy atom. The lowest BCUT2D eigenvalue weighted by Crippen LogP contribution is -2.34. The van der Waals surface area contributed by atoms with E-state index in [0.29, 0.717) is 11.3 Å². The number of rotatable bonds is 10. The first kappa shape index (κ1) is 44.9. The lowest BCUT2D eigenvalue weighted by Gasteiger charge is -2.32. The minimum Gasteiger partial charge on any atom is -0.365 e. The zero-order valence-electron chi connectivity index (χ0n) is 40.2. The van der Waals surface area contributed by atoms with Gasteiger partial charge in [-0.2, -0.15) is 0 Å². The van der Waals surface area contributed by atoms with Crippen LogP contribution in [0.15, 0.2) is 236 Å². The Balaban J connectivity index is 0.000000208. The molecule has 4 heteroatoms. The number of likely N-dealkylation sites (N-methyl/N-ethyl adjacent to an activating group) is 2. The molecule has 7 aromatic rings. The summed E-state index contributed by atoms with van der Waals surface area (Å²) >= 11 is 0. The fraction of sp³-hybridized carbons (Fsp3) is 0.206. The van der Waals surface area contributed by atoms with Gasteiger partial charge in [-0.25, -0.2) is 0 Å². The van der Waals surface area contributed by atoms with Crippen LogP contribution >= 0.6 is 0 Å². The van der Waals surface area contributed by atoms with Crippen molar-refractivity contribution in [2.45, 2.75) is 46.1 Å². The molecule has 4 aliphatic rings. The molecular formula is C63H64N4. The summed E-state index contributed by atoms with van der Waals surface area (Å²) in [4.78, 5) is 9.41. The van der Waals surface area contributed by atoms with E-state index < -0.39 is 0 Å². The lowest BCUT2D eigenvalue weighted by atomic mass is 9.96. The number of fused-ring (bicyclic) bond motifs is 2. The van der Waals surface area contributed by atoms with Crippen molar-refractivity contribution < 1.29 is 0 Å². The Hall–Kier alpha value is -7.30. The first-order chi connectivity index (χ1) is 32.5. The van der Waals surface area contributed by atoms with Gasteiger partial charge in [-0.1, -0.05) is 164 Å². The summed E-state index contributed by atoms with van der Waals surface area (Å²) in [5.41, 5.74) is 16.5. The quantitative estimate of drug-likeness (QED) is 0.136. The fourth-order valence-corrected chi connectivity index (χ4v) is 9.69. The third kappa shape index (κ3) is 9.81. The van der Waals surface area contributed by atoms with Crippen molar-refractivity contribution in [3.63, 3.8) is 0 Å². The molecule has 0 amide bonds. The second kappa shape index (κ2) is 19.3. The molecule has 4 nitrogen and oxygen atoms in total. The normalized spacial score (nSPS) is 20.2. The lowest BCUT2D eigenvalue weighted by molar-refractivity contribution is 0.683. The molecule has 0 radical (unpaired) electrons. The van der Waals surface area contributed by atoms with Gasteiger partial charge in [0.15, 0.2) is 0 Å². The molecule has 4 atom stereocenters. The second-order valence-electron chi connectivity index (χ2n) is 19.0. The number of hydrogen-bond donors (Lipinski definition) is 0. The Morgan fingerprint density at radius 2 is 1.03 bits per heavy atom. The molecule has 7 aromatic carbocycles. The molecule has 0 aliphatic heterocycles. The molecule has 4 unspecified atom stereocenters. The van der Waals surface area contributed by atoms with Gasteiger partial charge >= 0.3 is 0 Å². The smallest absolute Gasteiger partial charge is 0.0654 e. The SMILES string of the molecule is CC1=CC2CC2(N(C)c2ccc(N(C)c3cccc(N(c4ccccc4)c4ccc(C)cc4)c3)c(-c3ccccc3C)c2)C=C1.CN(C1=CC2CC2(C)C=C1)c1ccccc1.c1ccccc1. The van der Waals surface area contributed by atoms with Gasteiger partial charge < -0.3 is 19.6 Å². The molecule has 336 valence electrons. The second-order valence-corrected chi connectivity index (χ2v) is 19.0. The van der Waals surface area contributed by atoms with Gasteiger partial charge in [-0.05, 0) is 135 Å². The van der Waals surface area contributed by atoms with Crippen molar-refractivity contribution in [2.75, 3.05) is 40.7 Å². The number of para-hydroxylation sites is 2. The van der Waals surface area contributed by atoms with Crippen molar-refractivity contribution in [1.82, 2.24) is 0 Å². The molecule has 4 aliphatic carbocycles. The highest BCUT2D eigenvalue weighted by Gasteiger charge is 2.55. The van der Waals surface area contributed by atoms with Crippen LogP contribution in [0.2, 0.25) is 0 Å². The molecule has 2 saturated carbocycles. The molecule has 0 spiro atoms. The summed E-state index contributed by atoms with van der Waals surface area (Å²) in [5, 5.41) is 0. The van der Waals surface area contributed by atoms with E-state index >= 15 is 0 Å². The Kier molecular flexibility index (Phi) is 12.9. The highest BCUT2D eigenvalue weighted by atomic mass is 15.2.